The molecule has 98 valence electrons. The average molecular weight is 271 g/mol. The highest BCUT2D eigenvalue weighted by Crippen LogP contribution is 2.15. The van der Waals surface area contributed by atoms with Crippen LogP contribution in [0, 0.1) is 5.82 Å². The van der Waals surface area contributed by atoms with E-state index in [9.17, 15) is 9.18 Å². The molecule has 0 spiro atoms. The molecule has 1 amide bonds. The minimum absolute atomic E-state index is 0.00174. The van der Waals surface area contributed by atoms with E-state index in [1.54, 1.807) is 0 Å². The Balaban J connectivity index is 1.85. The van der Waals surface area contributed by atoms with Crippen molar-refractivity contribution in [2.24, 2.45) is 0 Å². The molecular weight excluding hydrogens is 255 g/mol. The van der Waals surface area contributed by atoms with Crippen molar-refractivity contribution in [2.75, 3.05) is 13.1 Å². The first-order valence-electron chi connectivity index (χ1n) is 6.13. The molecule has 0 aromatic heterocycles. The molecule has 1 heterocycles. The van der Waals surface area contributed by atoms with E-state index in [1.165, 1.54) is 24.6 Å². The van der Waals surface area contributed by atoms with Gasteiger partial charge in [0.05, 0.1) is 5.56 Å². The number of hydrogen-bond acceptors (Lipinski definition) is 2. The Morgan fingerprint density at radius 3 is 3.11 bits per heavy atom. The van der Waals surface area contributed by atoms with Crippen LogP contribution in [0.1, 0.15) is 29.6 Å². The summed E-state index contributed by atoms with van der Waals surface area (Å²) in [5.74, 6) is -0.955. The molecular formula is C13H16ClFN2O. The fourth-order valence-corrected chi connectivity index (χ4v) is 2.30. The van der Waals surface area contributed by atoms with E-state index in [2.05, 4.69) is 10.6 Å². The van der Waals surface area contributed by atoms with Gasteiger partial charge in [0.25, 0.3) is 5.91 Å². The second kappa shape index (κ2) is 6.16. The summed E-state index contributed by atoms with van der Waals surface area (Å²) in [5, 5.41) is 6.42. The van der Waals surface area contributed by atoms with E-state index in [0.717, 1.165) is 19.4 Å². The Labute approximate surface area is 111 Å². The molecule has 0 bridgehead atoms. The Kier molecular flexibility index (Phi) is 4.55. The highest BCUT2D eigenvalue weighted by Gasteiger charge is 2.15. The standard InChI is InChI=1S/C13H16ClFN2O/c14-9-3-4-12(15)11(8-9)13(18)17-7-5-10-2-1-6-16-10/h3-4,8,10,16H,1-2,5-7H2,(H,17,18)/t10-/m1/s1. The highest BCUT2D eigenvalue weighted by atomic mass is 35.5. The van der Waals surface area contributed by atoms with Crippen molar-refractivity contribution in [2.45, 2.75) is 25.3 Å². The number of rotatable bonds is 4. The van der Waals surface area contributed by atoms with Gasteiger partial charge in [0, 0.05) is 17.6 Å². The van der Waals surface area contributed by atoms with Gasteiger partial charge in [0.2, 0.25) is 0 Å². The maximum atomic E-state index is 13.4. The van der Waals surface area contributed by atoms with Crippen LogP contribution in [0.15, 0.2) is 18.2 Å². The summed E-state index contributed by atoms with van der Waals surface area (Å²) in [7, 11) is 0. The van der Waals surface area contributed by atoms with Crippen LogP contribution in [0.4, 0.5) is 4.39 Å². The van der Waals surface area contributed by atoms with Crippen molar-refractivity contribution >= 4 is 17.5 Å². The minimum atomic E-state index is -0.545. The van der Waals surface area contributed by atoms with Crippen LogP contribution in [0.25, 0.3) is 0 Å². The third-order valence-electron chi connectivity index (χ3n) is 3.11. The van der Waals surface area contributed by atoms with Gasteiger partial charge in [-0.15, -0.1) is 0 Å². The zero-order chi connectivity index (χ0) is 13.0. The van der Waals surface area contributed by atoms with E-state index >= 15 is 0 Å². The van der Waals surface area contributed by atoms with Crippen molar-refractivity contribution in [3.8, 4) is 0 Å². The van der Waals surface area contributed by atoms with Crippen molar-refractivity contribution in [3.63, 3.8) is 0 Å². The van der Waals surface area contributed by atoms with Gasteiger partial charge in [-0.2, -0.15) is 0 Å². The molecule has 1 aromatic rings. The number of carbonyl (C=O) groups is 1. The number of nitrogens with one attached hydrogen (secondary N) is 2. The van der Waals surface area contributed by atoms with Crippen molar-refractivity contribution in [3.05, 3.63) is 34.6 Å². The van der Waals surface area contributed by atoms with Gasteiger partial charge >= 0.3 is 0 Å². The summed E-state index contributed by atoms with van der Waals surface area (Å²) in [4.78, 5) is 11.8. The number of carbonyl (C=O) groups excluding carboxylic acids is 1. The second-order valence-corrected chi connectivity index (χ2v) is 4.90. The molecule has 0 aliphatic carbocycles. The largest absolute Gasteiger partial charge is 0.352 e. The van der Waals surface area contributed by atoms with Crippen LogP contribution >= 0.6 is 11.6 Å². The number of amides is 1. The molecule has 0 saturated carbocycles. The quantitative estimate of drug-likeness (QED) is 0.882. The predicted octanol–water partition coefficient (Wildman–Crippen LogP) is 2.35. The van der Waals surface area contributed by atoms with Gasteiger partial charge in [0.1, 0.15) is 5.82 Å². The van der Waals surface area contributed by atoms with Crippen LogP contribution in [0.2, 0.25) is 5.02 Å². The first kappa shape index (κ1) is 13.3. The Hall–Kier alpha value is -1.13. The lowest BCUT2D eigenvalue weighted by molar-refractivity contribution is 0.0948. The van der Waals surface area contributed by atoms with Gasteiger partial charge in [-0.05, 0) is 44.0 Å². The second-order valence-electron chi connectivity index (χ2n) is 4.46. The molecule has 0 radical (unpaired) electrons. The lowest BCUT2D eigenvalue weighted by Gasteiger charge is -2.11. The molecule has 1 saturated heterocycles. The Morgan fingerprint density at radius 1 is 1.56 bits per heavy atom. The zero-order valence-electron chi connectivity index (χ0n) is 10.0. The summed E-state index contributed by atoms with van der Waals surface area (Å²) in [6.45, 7) is 1.59. The highest BCUT2D eigenvalue weighted by molar-refractivity contribution is 6.30. The monoisotopic (exact) mass is 270 g/mol. The topological polar surface area (TPSA) is 41.1 Å². The lowest BCUT2D eigenvalue weighted by atomic mass is 10.1. The SMILES string of the molecule is O=C(NCC[C@H]1CCCN1)c1cc(Cl)ccc1F. The van der Waals surface area contributed by atoms with Gasteiger partial charge in [0.15, 0.2) is 0 Å². The molecule has 18 heavy (non-hydrogen) atoms. The van der Waals surface area contributed by atoms with Crippen LogP contribution in [-0.4, -0.2) is 25.0 Å². The normalized spacial score (nSPS) is 18.9. The average Bonchev–Trinajstić information content (AvgIpc) is 2.85. The molecule has 0 unspecified atom stereocenters. The summed E-state index contributed by atoms with van der Waals surface area (Å²) in [5.41, 5.74) is 0.00174. The van der Waals surface area contributed by atoms with E-state index < -0.39 is 11.7 Å². The molecule has 1 atom stereocenters. The smallest absolute Gasteiger partial charge is 0.254 e. The van der Waals surface area contributed by atoms with E-state index in [4.69, 9.17) is 11.6 Å². The van der Waals surface area contributed by atoms with Crippen molar-refractivity contribution in [1.29, 1.82) is 0 Å². The Morgan fingerprint density at radius 2 is 2.39 bits per heavy atom. The molecule has 5 heteroatoms. The minimum Gasteiger partial charge on any atom is -0.352 e. The fourth-order valence-electron chi connectivity index (χ4n) is 2.13. The summed E-state index contributed by atoms with van der Waals surface area (Å²) in [6, 6.07) is 4.45. The zero-order valence-corrected chi connectivity index (χ0v) is 10.8. The first-order chi connectivity index (χ1) is 8.66. The molecule has 1 fully saturated rings. The maximum absolute atomic E-state index is 13.4. The van der Waals surface area contributed by atoms with Gasteiger partial charge in [-0.3, -0.25) is 4.79 Å². The molecule has 1 aliphatic heterocycles. The van der Waals surface area contributed by atoms with E-state index in [1.807, 2.05) is 0 Å². The van der Waals surface area contributed by atoms with Crippen LogP contribution in [0.5, 0.6) is 0 Å². The lowest BCUT2D eigenvalue weighted by Crippen LogP contribution is -2.31. The number of halogens is 2. The van der Waals surface area contributed by atoms with E-state index in [0.29, 0.717) is 17.6 Å². The van der Waals surface area contributed by atoms with Crippen molar-refractivity contribution < 1.29 is 9.18 Å². The fraction of sp³-hybridized carbons (Fsp3) is 0.462. The van der Waals surface area contributed by atoms with Gasteiger partial charge < -0.3 is 10.6 Å². The first-order valence-corrected chi connectivity index (χ1v) is 6.51. The number of hydrogen-bond donors (Lipinski definition) is 2. The van der Waals surface area contributed by atoms with Gasteiger partial charge in [-0.1, -0.05) is 11.6 Å². The molecule has 1 aliphatic rings. The summed E-state index contributed by atoms with van der Waals surface area (Å²) >= 11 is 5.74. The third kappa shape index (κ3) is 3.43. The maximum Gasteiger partial charge on any atom is 0.254 e. The van der Waals surface area contributed by atoms with Crippen LogP contribution < -0.4 is 10.6 Å². The molecule has 3 nitrogen and oxygen atoms in total. The van der Waals surface area contributed by atoms with Gasteiger partial charge in [-0.25, -0.2) is 4.39 Å². The summed E-state index contributed by atoms with van der Waals surface area (Å²) in [6.07, 6.45) is 3.19. The number of benzene rings is 1. The third-order valence-corrected chi connectivity index (χ3v) is 3.35. The van der Waals surface area contributed by atoms with Crippen LogP contribution in [0.3, 0.4) is 0 Å². The van der Waals surface area contributed by atoms with E-state index in [-0.39, 0.29) is 5.56 Å². The van der Waals surface area contributed by atoms with Crippen molar-refractivity contribution in [1.82, 2.24) is 10.6 Å². The molecule has 2 N–H and O–H groups in total. The predicted molar refractivity (Wildman–Crippen MR) is 69.4 cm³/mol. The Bertz CT molecular complexity index is 433. The summed E-state index contributed by atoms with van der Waals surface area (Å²) < 4.78 is 13.4. The molecule has 2 rings (SSSR count). The molecule has 1 aromatic carbocycles. The van der Waals surface area contributed by atoms with Crippen LogP contribution in [-0.2, 0) is 0 Å².